The van der Waals surface area contributed by atoms with Gasteiger partial charge in [-0.1, -0.05) is 83.6 Å². The molecule has 0 saturated carbocycles. The summed E-state index contributed by atoms with van der Waals surface area (Å²) in [5, 5.41) is 71.4. The molecule has 0 spiro atoms. The molecule has 15 N–H and O–H groups in total. The SMILES string of the molecule is C=CC(=O)OCCC[Si](C)(OC)OC.CO[Si](C)(CCCCCCCCCCCCCCN)OC.CO[Si](C)(CCCNC(=O)[C@H](O)[C@@H](O)[C@H](O)[C@H](O)CO)OC.CO[Si](C)(CCCNC(N)=O)OC.CO[Si](C)(CCCNCCCCCN)OC.CO[Si](C)(CCCOC#N)OC.CO[Si](C)(CCCOCCOCCOCCOCCOCCOCCOCCOCCOCCO)OC.[CH2-][N+](C)(C)CCC[Si](C)(OC)OC.[Cl-]. The number of carbonyl (C=O) groups is 3. The molecule has 44 nitrogen and oxygen atoms in total. The van der Waals surface area contributed by atoms with Gasteiger partial charge in [-0.15, -0.1) is 7.05 Å². The maximum Gasteiger partial charge on any atom is 0.334 e. The van der Waals surface area contributed by atoms with E-state index in [2.05, 4.69) is 68.1 Å². The summed E-state index contributed by atoms with van der Waals surface area (Å²) >= 11 is 0. The molecule has 0 aliphatic rings. The highest BCUT2D eigenvalue weighted by atomic mass is 35.5. The van der Waals surface area contributed by atoms with E-state index in [0.29, 0.717) is 151 Å². The molecule has 0 aliphatic carbocycles. The molecule has 0 aromatic carbocycles. The number of aliphatic hydroxyl groups is 6. The molecule has 0 aliphatic heterocycles. The monoisotopic (exact) mass is 2320 g/mol. The molecule has 0 aromatic rings. The number of halogens is 1. The number of quaternary nitrogens is 1. The van der Waals surface area contributed by atoms with E-state index >= 15 is 0 Å². The summed E-state index contributed by atoms with van der Waals surface area (Å²) in [6.45, 7) is 34.6. The van der Waals surface area contributed by atoms with Gasteiger partial charge in [-0.3, -0.25) is 4.79 Å². The maximum atomic E-state index is 11.6. The van der Waals surface area contributed by atoms with Gasteiger partial charge in [0.2, 0.25) is 0 Å². The predicted octanol–water partition coefficient (Wildman–Crippen LogP) is 6.36. The first-order valence-electron chi connectivity index (χ1n) is 52.2. The molecule has 900 valence electrons. The zero-order chi connectivity index (χ0) is 114. The van der Waals surface area contributed by atoms with E-state index < -0.39 is 111 Å². The molecule has 0 bridgehead atoms. The molecule has 4 atom stereocenters. The number of aliphatic hydroxyl groups excluding tert-OH is 6. The van der Waals surface area contributed by atoms with Gasteiger partial charge in [-0.2, -0.15) is 5.26 Å². The summed E-state index contributed by atoms with van der Waals surface area (Å²) in [5.41, 5.74) is 15.8. The molecule has 53 heteroatoms. The van der Waals surface area contributed by atoms with E-state index in [9.17, 15) is 29.7 Å². The van der Waals surface area contributed by atoms with E-state index in [1.807, 2.05) is 32.7 Å². The van der Waals surface area contributed by atoms with Gasteiger partial charge in [0.05, 0.1) is 139 Å². The number of nitrogens with one attached hydrogen (secondary N) is 3. The lowest BCUT2D eigenvalue weighted by Gasteiger charge is -2.33. The summed E-state index contributed by atoms with van der Waals surface area (Å²) in [7, 11) is 19.6. The van der Waals surface area contributed by atoms with Crippen LogP contribution in [-0.4, -0.2) is 465 Å². The molecule has 0 heterocycles. The Morgan fingerprint density at radius 3 is 0.879 bits per heavy atom. The number of amides is 3. The fraction of sp³-hybridized carbons (Fsp3) is 0.927. The average Bonchev–Trinajstić information content (AvgIpc) is 0.871. The normalized spacial score (nSPS) is 12.6. The molecule has 0 saturated heterocycles. The molecule has 3 amide bonds. The average molecular weight is 2320 g/mol. The zero-order valence-corrected chi connectivity index (χ0v) is 106. The van der Waals surface area contributed by atoms with Gasteiger partial charge in [0.1, 0.15) is 24.9 Å². The van der Waals surface area contributed by atoms with Gasteiger partial charge in [0.25, 0.3) is 12.2 Å². The van der Waals surface area contributed by atoms with Gasteiger partial charge in [0, 0.05) is 154 Å². The Labute approximate surface area is 915 Å². The second kappa shape index (κ2) is 114. The number of hydrogen-bond acceptors (Lipinski definition) is 40. The van der Waals surface area contributed by atoms with Gasteiger partial charge in [0.15, 0.2) is 6.10 Å². The summed E-state index contributed by atoms with van der Waals surface area (Å²) in [5.74, 6) is -1.27. The van der Waals surface area contributed by atoms with Crippen molar-refractivity contribution in [3.05, 3.63) is 19.7 Å². The molecule has 0 rings (SSSR count). The van der Waals surface area contributed by atoms with Crippen LogP contribution in [-0.2, 0) is 133 Å². The Bertz CT molecular complexity index is 2860. The second-order valence-corrected chi connectivity index (χ2v) is 65.1. The predicted molar refractivity (Wildman–Crippen MR) is 597 cm³/mol. The van der Waals surface area contributed by atoms with E-state index in [1.165, 1.54) is 89.9 Å². The highest BCUT2D eigenvalue weighted by Crippen LogP contribution is 2.22. The quantitative estimate of drug-likeness (QED) is 0.00599. The zero-order valence-electron chi connectivity index (χ0n) is 97.5. The minimum absolute atomic E-state index is 0. The van der Waals surface area contributed by atoms with Crippen molar-refractivity contribution in [3.63, 3.8) is 0 Å². The van der Waals surface area contributed by atoms with E-state index in [0.717, 1.165) is 131 Å². The number of nitrogens with two attached hydrogens (primary N) is 3. The number of rotatable bonds is 95. The van der Waals surface area contributed by atoms with Gasteiger partial charge in [-0.05, 0) is 191 Å². The first-order chi connectivity index (χ1) is 70.4. The van der Waals surface area contributed by atoms with E-state index in [-0.39, 0.29) is 31.5 Å². The van der Waals surface area contributed by atoms with Crippen LogP contribution in [0.25, 0.3) is 0 Å². The van der Waals surface area contributed by atoms with Crippen molar-refractivity contribution in [1.82, 2.24) is 16.0 Å². The smallest absolute Gasteiger partial charge is 0.334 e. The Morgan fingerprint density at radius 2 is 0.597 bits per heavy atom. The van der Waals surface area contributed by atoms with Crippen molar-refractivity contribution < 1.29 is 185 Å². The number of primary amides is 1. The Morgan fingerprint density at radius 1 is 0.349 bits per heavy atom. The number of urea groups is 1. The minimum atomic E-state index is -2.22. The number of esters is 1. The summed E-state index contributed by atoms with van der Waals surface area (Å²) < 4.78 is 144. The molecular formula is C96H220ClN8O36Si8-. The third-order valence-electron chi connectivity index (χ3n) is 23.9. The second-order valence-electron chi connectivity index (χ2n) is 36.4. The minimum Gasteiger partial charge on any atom is -1.00 e. The van der Waals surface area contributed by atoms with Crippen LogP contribution in [0.5, 0.6) is 0 Å². The van der Waals surface area contributed by atoms with E-state index in [1.54, 1.807) is 120 Å². The van der Waals surface area contributed by atoms with Crippen molar-refractivity contribution >= 4 is 86.4 Å². The number of unbranched alkanes of at least 4 members (excludes halogenated alkanes) is 13. The van der Waals surface area contributed by atoms with Crippen LogP contribution in [0.2, 0.25) is 101 Å². The van der Waals surface area contributed by atoms with Crippen LogP contribution < -0.4 is 45.6 Å². The van der Waals surface area contributed by atoms with Crippen LogP contribution >= 0.6 is 0 Å². The number of nitrogens with zero attached hydrogens (tertiary/aromatic N) is 2. The summed E-state index contributed by atoms with van der Waals surface area (Å²) in [6.07, 6.45) is 21.5. The lowest BCUT2D eigenvalue weighted by atomic mass is 10.0. The Balaban J connectivity index is -0.000000222. The van der Waals surface area contributed by atoms with Crippen LogP contribution in [0.4, 0.5) is 4.79 Å². The Kier molecular flexibility index (Phi) is 126. The Hall–Kier alpha value is -2.13. The molecule has 149 heavy (non-hydrogen) atoms. The van der Waals surface area contributed by atoms with Gasteiger partial charge in [-0.25, -0.2) is 9.59 Å². The first kappa shape index (κ1) is 164. The van der Waals surface area contributed by atoms with Crippen molar-refractivity contribution in [2.45, 2.75) is 266 Å². The molecule has 0 aromatic heterocycles. The fourth-order valence-corrected chi connectivity index (χ4v) is 23.4. The summed E-state index contributed by atoms with van der Waals surface area (Å²) in [4.78, 5) is 32.6. The maximum absolute atomic E-state index is 11.6. The number of carbonyl (C=O) groups excluding carboxylic acids is 3. The van der Waals surface area contributed by atoms with Crippen LogP contribution in [0.1, 0.15) is 141 Å². The van der Waals surface area contributed by atoms with Crippen molar-refractivity contribution in [2.75, 3.05) is 319 Å². The van der Waals surface area contributed by atoms with Crippen LogP contribution in [0.15, 0.2) is 12.7 Å². The highest BCUT2D eigenvalue weighted by molar-refractivity contribution is 6.68. The third-order valence-corrected chi connectivity index (χ3v) is 47.8. The first-order valence-corrected chi connectivity index (χ1v) is 72.4. The summed E-state index contributed by atoms with van der Waals surface area (Å²) in [6, 6.07) is 6.78. The lowest BCUT2D eigenvalue weighted by Crippen LogP contribution is -3.00. The lowest BCUT2D eigenvalue weighted by molar-refractivity contribution is -0.845. The van der Waals surface area contributed by atoms with Crippen molar-refractivity contribution in [2.24, 2.45) is 17.2 Å². The standard InChI is InChI=1S/C24H52O12Si.C17H39NO2Si.C12H27NO8Si.C11H28N2O2Si.C9H23NO2Si.C9H18O4Si.C7H18N2O3Si.C7H15NO3Si.ClH/c1-26-37(3,27-2)24-4-6-28-8-10-30-12-14-32-16-18-34-20-22-36-23-21-35-19-17-33-15-13-31-11-9-29-7-5-25;1-19-21(3,20-2)17-15-13-11-9-7-5-4-6-8-10-12-14-16-18;1-20-22(3,21-2)6-4-5-13-12(19)11(18)10(17)9(16)8(15)7-14;1-14-16(3,15-2)11-7-10-13-9-6-4-5-8-12;1-10(2,3)8-7-9-13(6,11-4)12-5;1-5-9(10)13-7-6-8-14(4,11-2)12-3;1-11-13(3,12-2)6-4-5-9-7(8)10;1-9-12(3,10-2)6-4-5-11-7-8;/h25H,4-24H2,1-3H3;4-18H2,1-3H3;8-11,14-18H,4-7H2,1-3H3,(H,13,19);13H,4-12H2,1-3H3;1,7-9H2,2-6H3;5H,1,6-8H2,2-4H3;4-6H2,1-3H3,(H3,8,9,10);4-6H2,1-3H3;1H/p-1/t;;8-,9-,10+,11-;;;;;;/m..1....../s1. The van der Waals surface area contributed by atoms with Crippen LogP contribution in [0, 0.1) is 18.6 Å². The number of hydrogen-bond donors (Lipinski definition) is 12. The van der Waals surface area contributed by atoms with Crippen LogP contribution in [0.3, 0.4) is 0 Å². The molecule has 0 radical (unpaired) electrons. The van der Waals surface area contributed by atoms with Gasteiger partial charge < -0.3 is 204 Å². The highest BCUT2D eigenvalue weighted by Gasteiger charge is 2.37. The number of nitriles is 1. The number of ether oxygens (including phenoxy) is 11. The van der Waals surface area contributed by atoms with E-state index in [4.69, 9.17) is 156 Å². The van der Waals surface area contributed by atoms with Gasteiger partial charge >= 0.3 is 80.5 Å². The van der Waals surface area contributed by atoms with Crippen molar-refractivity contribution in [1.29, 1.82) is 5.26 Å². The molecule has 0 fully saturated rings. The molecule has 0 unspecified atom stereocenters. The third kappa shape index (κ3) is 112. The molecular weight excluding hydrogens is 2100 g/mol. The van der Waals surface area contributed by atoms with Crippen molar-refractivity contribution in [3.8, 4) is 6.26 Å². The largest absolute Gasteiger partial charge is 1.00 e. The topological polar surface area (TPSA) is 560 Å². The fourth-order valence-electron chi connectivity index (χ4n) is 12.3.